The number of ether oxygens (including phenoxy) is 1. The van der Waals surface area contributed by atoms with E-state index < -0.39 is 0 Å². The van der Waals surface area contributed by atoms with Crippen molar-refractivity contribution in [2.45, 2.75) is 6.04 Å². The Morgan fingerprint density at radius 3 is 2.47 bits per heavy atom. The first kappa shape index (κ1) is 23.7. The molecule has 0 aliphatic carbocycles. The van der Waals surface area contributed by atoms with Crippen molar-refractivity contribution in [1.82, 2.24) is 25.0 Å². The molecular formula is C29H29N5O2. The number of morpholine rings is 1. The van der Waals surface area contributed by atoms with Gasteiger partial charge in [-0.1, -0.05) is 48.5 Å². The molecule has 1 amide bonds. The number of benzene rings is 2. The molecule has 0 spiro atoms. The lowest BCUT2D eigenvalue weighted by molar-refractivity contribution is -0.117. The van der Waals surface area contributed by atoms with Gasteiger partial charge in [-0.2, -0.15) is 5.10 Å². The largest absolute Gasteiger partial charge is 0.379 e. The standard InChI is InChI=1S/C29H29N5O2/c35-28(31-27(23-8-3-1-4-9-23)22-33-16-18-36-19-17-33)14-13-25-21-34(26-11-5-2-6-12-26)32-29(25)24-10-7-15-30-20-24/h1-15,20-21,27H,16-19,22H2,(H,31,35)/b14-13+. The Balaban J connectivity index is 1.37. The Kier molecular flexibility index (Phi) is 7.61. The zero-order valence-electron chi connectivity index (χ0n) is 20.0. The van der Waals surface area contributed by atoms with Crippen molar-refractivity contribution in [2.75, 3.05) is 32.8 Å². The van der Waals surface area contributed by atoms with Gasteiger partial charge in [-0.25, -0.2) is 4.68 Å². The van der Waals surface area contributed by atoms with Crippen molar-refractivity contribution in [2.24, 2.45) is 0 Å². The maximum atomic E-state index is 13.1. The fourth-order valence-corrected chi connectivity index (χ4v) is 4.30. The molecule has 1 aliphatic rings. The van der Waals surface area contributed by atoms with Gasteiger partial charge in [0.15, 0.2) is 0 Å². The molecular weight excluding hydrogens is 450 g/mol. The number of carbonyl (C=O) groups is 1. The van der Waals surface area contributed by atoms with Gasteiger partial charge in [-0.3, -0.25) is 14.7 Å². The fourth-order valence-electron chi connectivity index (χ4n) is 4.30. The first-order valence-electron chi connectivity index (χ1n) is 12.2. The molecule has 1 aliphatic heterocycles. The Bertz CT molecular complexity index is 1280. The van der Waals surface area contributed by atoms with E-state index in [0.717, 1.165) is 60.9 Å². The smallest absolute Gasteiger partial charge is 0.244 e. The summed E-state index contributed by atoms with van der Waals surface area (Å²) in [6.45, 7) is 3.90. The van der Waals surface area contributed by atoms with Crippen molar-refractivity contribution in [3.8, 4) is 16.9 Å². The molecule has 7 nitrogen and oxygen atoms in total. The third-order valence-corrected chi connectivity index (χ3v) is 6.18. The van der Waals surface area contributed by atoms with E-state index in [1.807, 2.05) is 77.6 Å². The number of nitrogens with zero attached hydrogens (tertiary/aromatic N) is 4. The molecule has 2 aromatic heterocycles. The molecule has 1 atom stereocenters. The average molecular weight is 480 g/mol. The van der Waals surface area contributed by atoms with E-state index in [9.17, 15) is 4.79 Å². The van der Waals surface area contributed by atoms with E-state index in [0.29, 0.717) is 0 Å². The van der Waals surface area contributed by atoms with Crippen molar-refractivity contribution in [3.05, 3.63) is 109 Å². The third kappa shape index (κ3) is 5.94. The fraction of sp³-hybridized carbons (Fsp3) is 0.207. The van der Waals surface area contributed by atoms with E-state index >= 15 is 0 Å². The average Bonchev–Trinajstić information content (AvgIpc) is 3.38. The Morgan fingerprint density at radius 2 is 1.75 bits per heavy atom. The van der Waals surface area contributed by atoms with Crippen LogP contribution in [0.5, 0.6) is 0 Å². The highest BCUT2D eigenvalue weighted by Crippen LogP contribution is 2.24. The quantitative estimate of drug-likeness (QED) is 0.385. The van der Waals surface area contributed by atoms with Crippen LogP contribution in [0.3, 0.4) is 0 Å². The zero-order valence-corrected chi connectivity index (χ0v) is 20.0. The SMILES string of the molecule is O=C(/C=C/c1cn(-c2ccccc2)nc1-c1cccnc1)NC(CN1CCOCC1)c1ccccc1. The topological polar surface area (TPSA) is 72.3 Å². The summed E-state index contributed by atoms with van der Waals surface area (Å²) < 4.78 is 7.31. The van der Waals surface area contributed by atoms with E-state index in [1.54, 1.807) is 18.5 Å². The molecule has 5 rings (SSSR count). The maximum Gasteiger partial charge on any atom is 0.244 e. The minimum atomic E-state index is -0.151. The van der Waals surface area contributed by atoms with Crippen LogP contribution in [-0.2, 0) is 9.53 Å². The van der Waals surface area contributed by atoms with Crippen molar-refractivity contribution >= 4 is 12.0 Å². The molecule has 2 aromatic carbocycles. The molecule has 182 valence electrons. The molecule has 0 radical (unpaired) electrons. The highest BCUT2D eigenvalue weighted by Gasteiger charge is 2.19. The number of hydrogen-bond donors (Lipinski definition) is 1. The number of hydrogen-bond acceptors (Lipinski definition) is 5. The van der Waals surface area contributed by atoms with Gasteiger partial charge in [0.25, 0.3) is 0 Å². The van der Waals surface area contributed by atoms with Gasteiger partial charge in [0, 0.05) is 55.4 Å². The minimum Gasteiger partial charge on any atom is -0.379 e. The normalized spacial score (nSPS) is 15.1. The van der Waals surface area contributed by atoms with E-state index in [1.165, 1.54) is 0 Å². The molecule has 1 saturated heterocycles. The summed E-state index contributed by atoms with van der Waals surface area (Å²) in [5.74, 6) is -0.151. The second-order valence-electron chi connectivity index (χ2n) is 8.67. The lowest BCUT2D eigenvalue weighted by Gasteiger charge is -2.31. The highest BCUT2D eigenvalue weighted by molar-refractivity contribution is 5.93. The van der Waals surface area contributed by atoms with E-state index in [-0.39, 0.29) is 11.9 Å². The summed E-state index contributed by atoms with van der Waals surface area (Å²) in [5.41, 5.74) is 4.53. The van der Waals surface area contributed by atoms with Crippen LogP contribution in [0.1, 0.15) is 17.2 Å². The Morgan fingerprint density at radius 1 is 1.00 bits per heavy atom. The van der Waals surface area contributed by atoms with E-state index in [4.69, 9.17) is 9.84 Å². The van der Waals surface area contributed by atoms with Gasteiger partial charge in [0.05, 0.1) is 24.9 Å². The van der Waals surface area contributed by atoms with Crippen LogP contribution in [-0.4, -0.2) is 58.4 Å². The third-order valence-electron chi connectivity index (χ3n) is 6.18. The summed E-state index contributed by atoms with van der Waals surface area (Å²) in [6, 6.07) is 23.7. The summed E-state index contributed by atoms with van der Waals surface area (Å²) >= 11 is 0. The number of amides is 1. The van der Waals surface area contributed by atoms with Crippen LogP contribution in [0.4, 0.5) is 0 Å². The van der Waals surface area contributed by atoms with Crippen molar-refractivity contribution < 1.29 is 9.53 Å². The predicted octanol–water partition coefficient (Wildman–Crippen LogP) is 4.14. The van der Waals surface area contributed by atoms with Gasteiger partial charge in [0.1, 0.15) is 5.69 Å². The molecule has 0 bridgehead atoms. The molecule has 1 unspecified atom stereocenters. The van der Waals surface area contributed by atoms with Crippen LogP contribution in [0, 0.1) is 0 Å². The van der Waals surface area contributed by atoms with Gasteiger partial charge >= 0.3 is 0 Å². The molecule has 7 heteroatoms. The van der Waals surface area contributed by atoms with Gasteiger partial charge < -0.3 is 10.1 Å². The molecule has 4 aromatic rings. The van der Waals surface area contributed by atoms with Crippen LogP contribution >= 0.6 is 0 Å². The zero-order chi connectivity index (χ0) is 24.6. The number of rotatable bonds is 8. The second kappa shape index (κ2) is 11.6. The van der Waals surface area contributed by atoms with Gasteiger partial charge in [-0.05, 0) is 35.9 Å². The molecule has 3 heterocycles. The highest BCUT2D eigenvalue weighted by atomic mass is 16.5. The molecule has 1 fully saturated rings. The number of carbonyl (C=O) groups excluding carboxylic acids is 1. The number of nitrogens with one attached hydrogen (secondary N) is 1. The summed E-state index contributed by atoms with van der Waals surface area (Å²) in [7, 11) is 0. The number of aromatic nitrogens is 3. The Hall–Kier alpha value is -4.07. The first-order chi connectivity index (χ1) is 17.8. The predicted molar refractivity (Wildman–Crippen MR) is 140 cm³/mol. The van der Waals surface area contributed by atoms with Crippen LogP contribution in [0.15, 0.2) is 97.5 Å². The lowest BCUT2D eigenvalue weighted by Crippen LogP contribution is -2.42. The molecule has 36 heavy (non-hydrogen) atoms. The first-order valence-corrected chi connectivity index (χ1v) is 12.2. The Labute approximate surface area is 211 Å². The lowest BCUT2D eigenvalue weighted by atomic mass is 10.1. The van der Waals surface area contributed by atoms with Crippen LogP contribution in [0.25, 0.3) is 23.0 Å². The summed E-state index contributed by atoms with van der Waals surface area (Å²) in [4.78, 5) is 19.7. The molecule has 1 N–H and O–H groups in total. The van der Waals surface area contributed by atoms with Crippen molar-refractivity contribution in [3.63, 3.8) is 0 Å². The monoisotopic (exact) mass is 479 g/mol. The summed E-state index contributed by atoms with van der Waals surface area (Å²) in [6.07, 6.45) is 8.86. The number of pyridine rings is 1. The second-order valence-corrected chi connectivity index (χ2v) is 8.67. The summed E-state index contributed by atoms with van der Waals surface area (Å²) in [5, 5.41) is 7.99. The van der Waals surface area contributed by atoms with Gasteiger partial charge in [0.2, 0.25) is 5.91 Å². The maximum absolute atomic E-state index is 13.1. The minimum absolute atomic E-state index is 0.119. The molecule has 0 saturated carbocycles. The number of para-hydroxylation sites is 1. The van der Waals surface area contributed by atoms with Gasteiger partial charge in [-0.15, -0.1) is 0 Å². The van der Waals surface area contributed by atoms with Crippen molar-refractivity contribution in [1.29, 1.82) is 0 Å². The van der Waals surface area contributed by atoms with Crippen LogP contribution < -0.4 is 5.32 Å². The van der Waals surface area contributed by atoms with E-state index in [2.05, 4.69) is 27.3 Å². The van der Waals surface area contributed by atoms with Crippen LogP contribution in [0.2, 0.25) is 0 Å².